The Morgan fingerprint density at radius 2 is 1.88 bits per heavy atom. The zero-order chi connectivity index (χ0) is 13.0. The number of hydrogen-bond donors (Lipinski definition) is 2. The van der Waals surface area contributed by atoms with Crippen LogP contribution in [0.5, 0.6) is 0 Å². The fourth-order valence-electron chi connectivity index (χ4n) is 1.51. The molecule has 3 nitrogen and oxygen atoms in total. The lowest BCUT2D eigenvalue weighted by atomic mass is 9.95. The predicted octanol–water partition coefficient (Wildman–Crippen LogP) is 2.95. The molecule has 0 spiro atoms. The molecule has 0 aliphatic heterocycles. The number of carbonyl (C=O) groups excluding carboxylic acids is 1. The monoisotopic (exact) mass is 314 g/mol. The van der Waals surface area contributed by atoms with Gasteiger partial charge in [-0.3, -0.25) is 4.79 Å². The van der Waals surface area contributed by atoms with Crippen LogP contribution < -0.4 is 11.1 Å². The number of amides is 1. The van der Waals surface area contributed by atoms with E-state index >= 15 is 0 Å². The van der Waals surface area contributed by atoms with Crippen LogP contribution in [-0.4, -0.2) is 10.9 Å². The summed E-state index contributed by atoms with van der Waals surface area (Å²) in [6.45, 7) is 3.84. The maximum absolute atomic E-state index is 12.0. The summed E-state index contributed by atoms with van der Waals surface area (Å²) in [6.07, 6.45) is 0. The van der Waals surface area contributed by atoms with Crippen molar-refractivity contribution in [2.45, 2.75) is 13.8 Å². The molecule has 1 aromatic rings. The number of thiocarbonyl (C=S) groups is 1. The highest BCUT2D eigenvalue weighted by atomic mass is 79.9. The van der Waals surface area contributed by atoms with E-state index in [2.05, 4.69) is 21.2 Å². The second-order valence-corrected chi connectivity index (χ2v) is 5.51. The molecule has 0 heterocycles. The van der Waals surface area contributed by atoms with Crippen LogP contribution in [0.25, 0.3) is 0 Å². The molecule has 0 aliphatic rings. The Balaban J connectivity index is 2.77. The summed E-state index contributed by atoms with van der Waals surface area (Å²) in [5.74, 6) is -0.508. The smallest absolute Gasteiger partial charge is 0.234 e. The largest absolute Gasteiger partial charge is 0.393 e. The quantitative estimate of drug-likeness (QED) is 0.840. The van der Waals surface area contributed by atoms with E-state index < -0.39 is 5.92 Å². The van der Waals surface area contributed by atoms with Crippen LogP contribution in [-0.2, 0) is 4.79 Å². The first-order valence-electron chi connectivity index (χ1n) is 5.27. The van der Waals surface area contributed by atoms with Gasteiger partial charge >= 0.3 is 0 Å². The minimum atomic E-state index is -0.436. The molecule has 0 radical (unpaired) electrons. The van der Waals surface area contributed by atoms with E-state index in [1.165, 1.54) is 0 Å². The Labute approximate surface area is 115 Å². The number of hydrogen-bond acceptors (Lipinski definition) is 2. The van der Waals surface area contributed by atoms with Gasteiger partial charge in [-0.15, -0.1) is 0 Å². The van der Waals surface area contributed by atoms with E-state index in [9.17, 15) is 4.79 Å². The van der Waals surface area contributed by atoms with E-state index in [1.54, 1.807) is 0 Å². The molecule has 0 bridgehead atoms. The van der Waals surface area contributed by atoms with Crippen LogP contribution in [0.3, 0.4) is 0 Å². The van der Waals surface area contributed by atoms with Crippen LogP contribution in [0.15, 0.2) is 28.7 Å². The van der Waals surface area contributed by atoms with Crippen LogP contribution in [0.1, 0.15) is 13.8 Å². The minimum Gasteiger partial charge on any atom is -0.393 e. The Bertz CT molecular complexity index is 417. The van der Waals surface area contributed by atoms with Gasteiger partial charge in [0.05, 0.1) is 10.9 Å². The van der Waals surface area contributed by atoms with Crippen molar-refractivity contribution in [1.82, 2.24) is 0 Å². The van der Waals surface area contributed by atoms with Gasteiger partial charge in [0, 0.05) is 10.2 Å². The van der Waals surface area contributed by atoms with E-state index in [1.807, 2.05) is 38.1 Å². The van der Waals surface area contributed by atoms with Crippen LogP contribution in [0.4, 0.5) is 5.69 Å². The Morgan fingerprint density at radius 3 is 2.29 bits per heavy atom. The highest BCUT2D eigenvalue weighted by Gasteiger charge is 2.24. The van der Waals surface area contributed by atoms with Crippen molar-refractivity contribution in [1.29, 1.82) is 0 Å². The zero-order valence-corrected chi connectivity index (χ0v) is 12.1. The molecule has 0 saturated carbocycles. The summed E-state index contributed by atoms with van der Waals surface area (Å²) in [7, 11) is 0. The fraction of sp³-hybridized carbons (Fsp3) is 0.333. The second-order valence-electron chi connectivity index (χ2n) is 4.12. The molecule has 0 fully saturated rings. The molecule has 3 N–H and O–H groups in total. The summed E-state index contributed by atoms with van der Waals surface area (Å²) >= 11 is 8.25. The molecule has 0 aliphatic carbocycles. The lowest BCUT2D eigenvalue weighted by Crippen LogP contribution is -2.36. The minimum absolute atomic E-state index is 0.0861. The Kier molecular flexibility index (Phi) is 5.08. The van der Waals surface area contributed by atoms with Crippen molar-refractivity contribution in [3.05, 3.63) is 28.7 Å². The standard InChI is InChI=1S/C12H15BrN2OS/c1-7(2)10(11(14)17)12(16)15-9-5-3-8(13)4-6-9/h3-7,10H,1-2H3,(H2,14,17)(H,15,16). The molecule has 1 unspecified atom stereocenters. The van der Waals surface area contributed by atoms with Gasteiger partial charge in [0.2, 0.25) is 5.91 Å². The summed E-state index contributed by atoms with van der Waals surface area (Å²) < 4.78 is 0.963. The van der Waals surface area contributed by atoms with Crippen molar-refractivity contribution in [2.75, 3.05) is 5.32 Å². The second kappa shape index (κ2) is 6.12. The van der Waals surface area contributed by atoms with Crippen molar-refractivity contribution in [3.63, 3.8) is 0 Å². The molecule has 1 amide bonds. The van der Waals surface area contributed by atoms with E-state index in [0.29, 0.717) is 0 Å². The van der Waals surface area contributed by atoms with Gasteiger partial charge in [0.25, 0.3) is 0 Å². The van der Waals surface area contributed by atoms with Gasteiger partial charge < -0.3 is 11.1 Å². The van der Waals surface area contributed by atoms with Gasteiger partial charge in [0.1, 0.15) is 0 Å². The Hall–Kier alpha value is -0.940. The molecule has 17 heavy (non-hydrogen) atoms. The van der Waals surface area contributed by atoms with Crippen molar-refractivity contribution >= 4 is 44.7 Å². The molecule has 1 rings (SSSR count). The van der Waals surface area contributed by atoms with E-state index in [4.69, 9.17) is 18.0 Å². The van der Waals surface area contributed by atoms with Crippen molar-refractivity contribution in [2.24, 2.45) is 17.6 Å². The van der Waals surface area contributed by atoms with Crippen LogP contribution in [0, 0.1) is 11.8 Å². The molecular weight excluding hydrogens is 300 g/mol. The molecular formula is C12H15BrN2OS. The number of anilines is 1. The van der Waals surface area contributed by atoms with Gasteiger partial charge in [-0.1, -0.05) is 42.0 Å². The maximum atomic E-state index is 12.0. The van der Waals surface area contributed by atoms with Gasteiger partial charge in [-0.25, -0.2) is 0 Å². The van der Waals surface area contributed by atoms with Crippen LogP contribution in [0.2, 0.25) is 0 Å². The normalized spacial score (nSPS) is 12.2. The average molecular weight is 315 g/mol. The highest BCUT2D eigenvalue weighted by molar-refractivity contribution is 9.10. The number of carbonyl (C=O) groups is 1. The van der Waals surface area contributed by atoms with E-state index in [0.717, 1.165) is 10.2 Å². The van der Waals surface area contributed by atoms with Gasteiger partial charge in [-0.05, 0) is 30.2 Å². The highest BCUT2D eigenvalue weighted by Crippen LogP contribution is 2.17. The van der Waals surface area contributed by atoms with E-state index in [-0.39, 0.29) is 16.8 Å². The number of rotatable bonds is 4. The molecule has 1 atom stereocenters. The molecule has 0 saturated heterocycles. The first-order chi connectivity index (χ1) is 7.91. The molecule has 1 aromatic carbocycles. The Morgan fingerprint density at radius 1 is 1.35 bits per heavy atom. The molecule has 5 heteroatoms. The van der Waals surface area contributed by atoms with Gasteiger partial charge in [0.15, 0.2) is 0 Å². The molecule has 0 aromatic heterocycles. The maximum Gasteiger partial charge on any atom is 0.234 e. The third kappa shape index (κ3) is 4.09. The first kappa shape index (κ1) is 14.1. The zero-order valence-electron chi connectivity index (χ0n) is 9.74. The first-order valence-corrected chi connectivity index (χ1v) is 6.47. The number of benzene rings is 1. The summed E-state index contributed by atoms with van der Waals surface area (Å²) in [5, 5.41) is 2.80. The summed E-state index contributed by atoms with van der Waals surface area (Å²) in [5.41, 5.74) is 6.32. The number of nitrogens with one attached hydrogen (secondary N) is 1. The van der Waals surface area contributed by atoms with Gasteiger partial charge in [-0.2, -0.15) is 0 Å². The summed E-state index contributed by atoms with van der Waals surface area (Å²) in [4.78, 5) is 12.2. The summed E-state index contributed by atoms with van der Waals surface area (Å²) in [6, 6.07) is 7.36. The fourth-order valence-corrected chi connectivity index (χ4v) is 2.16. The topological polar surface area (TPSA) is 55.1 Å². The average Bonchev–Trinajstić information content (AvgIpc) is 2.20. The lowest BCUT2D eigenvalue weighted by Gasteiger charge is -2.18. The third-order valence-corrected chi connectivity index (χ3v) is 3.15. The van der Waals surface area contributed by atoms with Crippen molar-refractivity contribution < 1.29 is 4.79 Å². The number of nitrogens with two attached hydrogens (primary N) is 1. The lowest BCUT2D eigenvalue weighted by molar-refractivity contribution is -0.118. The van der Waals surface area contributed by atoms with Crippen LogP contribution >= 0.6 is 28.1 Å². The number of halogens is 1. The third-order valence-electron chi connectivity index (χ3n) is 2.37. The van der Waals surface area contributed by atoms with Crippen molar-refractivity contribution in [3.8, 4) is 0 Å². The predicted molar refractivity (Wildman–Crippen MR) is 77.9 cm³/mol. The SMILES string of the molecule is CC(C)C(C(=O)Nc1ccc(Br)cc1)C(N)=S. The molecule has 92 valence electrons.